The Kier molecular flexibility index (Phi) is 4.95. The van der Waals surface area contributed by atoms with Crippen molar-refractivity contribution in [2.75, 3.05) is 0 Å². The van der Waals surface area contributed by atoms with Crippen molar-refractivity contribution in [3.05, 3.63) is 33.8 Å². The van der Waals surface area contributed by atoms with Crippen LogP contribution in [0.2, 0.25) is 10.0 Å². The molecule has 1 aliphatic carbocycles. The molecule has 0 spiro atoms. The fraction of sp³-hybridized carbons (Fsp3) is 0.533. The molecule has 3 nitrogen and oxygen atoms in total. The molecule has 20 heavy (non-hydrogen) atoms. The molecule has 0 radical (unpaired) electrons. The van der Waals surface area contributed by atoms with E-state index in [4.69, 9.17) is 28.9 Å². The van der Waals surface area contributed by atoms with E-state index in [-0.39, 0.29) is 11.8 Å². The van der Waals surface area contributed by atoms with Gasteiger partial charge in [0.25, 0.3) is 0 Å². The minimum atomic E-state index is -0.446. The number of amides is 1. The largest absolute Gasteiger partial charge is 0.334 e. The normalized spacial score (nSPS) is 16.3. The van der Waals surface area contributed by atoms with Gasteiger partial charge >= 0.3 is 0 Å². The predicted octanol–water partition coefficient (Wildman–Crippen LogP) is 3.47. The van der Waals surface area contributed by atoms with E-state index in [1.165, 1.54) is 0 Å². The summed E-state index contributed by atoms with van der Waals surface area (Å²) in [5.74, 6) is 0.158. The fourth-order valence-electron chi connectivity index (χ4n) is 2.08. The Hall–Kier alpha value is -0.770. The lowest BCUT2D eigenvalue weighted by molar-refractivity contribution is -0.134. The third kappa shape index (κ3) is 3.66. The molecule has 0 aliphatic heterocycles. The third-order valence-corrected chi connectivity index (χ3v) is 4.35. The monoisotopic (exact) mass is 314 g/mol. The van der Waals surface area contributed by atoms with Gasteiger partial charge in [0.1, 0.15) is 0 Å². The topological polar surface area (TPSA) is 46.3 Å². The Morgan fingerprint density at radius 1 is 1.35 bits per heavy atom. The molecule has 0 saturated heterocycles. The lowest BCUT2D eigenvalue weighted by atomic mass is 10.0. The van der Waals surface area contributed by atoms with Gasteiger partial charge in [0.05, 0.1) is 16.1 Å². The molecule has 1 saturated carbocycles. The van der Waals surface area contributed by atoms with Crippen LogP contribution in [0.4, 0.5) is 0 Å². The highest BCUT2D eigenvalue weighted by Crippen LogP contribution is 2.30. The molecule has 2 rings (SSSR count). The molecule has 1 atom stereocenters. The summed E-state index contributed by atoms with van der Waals surface area (Å²) in [7, 11) is 0. The van der Waals surface area contributed by atoms with Gasteiger partial charge in [-0.25, -0.2) is 0 Å². The minimum Gasteiger partial charge on any atom is -0.334 e. The Bertz CT molecular complexity index is 501. The van der Waals surface area contributed by atoms with E-state index < -0.39 is 6.04 Å². The summed E-state index contributed by atoms with van der Waals surface area (Å²) in [6, 6.07) is 5.35. The first-order chi connectivity index (χ1) is 9.40. The van der Waals surface area contributed by atoms with E-state index in [1.54, 1.807) is 6.07 Å². The Morgan fingerprint density at radius 2 is 2.00 bits per heavy atom. The van der Waals surface area contributed by atoms with Gasteiger partial charge in [0, 0.05) is 12.6 Å². The molecule has 110 valence electrons. The van der Waals surface area contributed by atoms with Crippen LogP contribution in [0.5, 0.6) is 0 Å². The predicted molar refractivity (Wildman–Crippen MR) is 82.8 cm³/mol. The van der Waals surface area contributed by atoms with E-state index in [2.05, 4.69) is 0 Å². The summed E-state index contributed by atoms with van der Waals surface area (Å²) >= 11 is 11.9. The lowest BCUT2D eigenvalue weighted by Crippen LogP contribution is -2.47. The van der Waals surface area contributed by atoms with Gasteiger partial charge < -0.3 is 10.6 Å². The van der Waals surface area contributed by atoms with E-state index >= 15 is 0 Å². The van der Waals surface area contributed by atoms with Crippen LogP contribution in [0, 0.1) is 5.92 Å². The van der Waals surface area contributed by atoms with Gasteiger partial charge in [-0.15, -0.1) is 0 Å². The molecule has 1 amide bonds. The molecule has 1 aromatic rings. The zero-order chi connectivity index (χ0) is 14.9. The van der Waals surface area contributed by atoms with Gasteiger partial charge in [-0.1, -0.05) is 43.1 Å². The van der Waals surface area contributed by atoms with E-state index in [1.807, 2.05) is 30.9 Å². The summed E-state index contributed by atoms with van der Waals surface area (Å²) in [5.41, 5.74) is 6.98. The molecule has 0 aromatic heterocycles. The number of halogens is 2. The Balaban J connectivity index is 2.13. The average Bonchev–Trinajstić information content (AvgIpc) is 3.22. The van der Waals surface area contributed by atoms with Crippen LogP contribution >= 0.6 is 23.2 Å². The van der Waals surface area contributed by atoms with Crippen molar-refractivity contribution in [1.29, 1.82) is 0 Å². The molecule has 1 aromatic carbocycles. The highest BCUT2D eigenvalue weighted by Gasteiger charge is 2.35. The summed E-state index contributed by atoms with van der Waals surface area (Å²) in [4.78, 5) is 14.3. The standard InChI is InChI=1S/C15H20Cl2N2O/c1-9(2)14(18)15(20)19(11-4-5-11)8-10-3-6-12(16)13(17)7-10/h3,6-7,9,11,14H,4-5,8,18H2,1-2H3/t14-/m0/s1. The first kappa shape index (κ1) is 15.6. The maximum Gasteiger partial charge on any atom is 0.240 e. The van der Waals surface area contributed by atoms with Crippen molar-refractivity contribution in [3.63, 3.8) is 0 Å². The maximum absolute atomic E-state index is 12.5. The summed E-state index contributed by atoms with van der Waals surface area (Å²) in [6.45, 7) is 4.47. The molecule has 2 N–H and O–H groups in total. The number of nitrogens with two attached hydrogens (primary N) is 1. The maximum atomic E-state index is 12.5. The number of rotatable bonds is 5. The van der Waals surface area contributed by atoms with E-state index in [9.17, 15) is 4.79 Å². The number of hydrogen-bond donors (Lipinski definition) is 1. The van der Waals surface area contributed by atoms with E-state index in [0.717, 1.165) is 18.4 Å². The van der Waals surface area contributed by atoms with Crippen LogP contribution in [0.3, 0.4) is 0 Å². The van der Waals surface area contributed by atoms with Gasteiger partial charge in [-0.3, -0.25) is 4.79 Å². The van der Waals surface area contributed by atoms with Crippen LogP contribution in [-0.2, 0) is 11.3 Å². The van der Waals surface area contributed by atoms with Crippen LogP contribution in [0.1, 0.15) is 32.3 Å². The molecule has 1 fully saturated rings. The second kappa shape index (κ2) is 6.33. The first-order valence-electron chi connectivity index (χ1n) is 6.90. The Morgan fingerprint density at radius 3 is 2.50 bits per heavy atom. The smallest absolute Gasteiger partial charge is 0.240 e. The first-order valence-corrected chi connectivity index (χ1v) is 7.65. The lowest BCUT2D eigenvalue weighted by Gasteiger charge is -2.27. The zero-order valence-corrected chi connectivity index (χ0v) is 13.3. The van der Waals surface area contributed by atoms with Crippen LogP contribution < -0.4 is 5.73 Å². The molecular weight excluding hydrogens is 295 g/mol. The number of nitrogens with zero attached hydrogens (tertiary/aromatic N) is 1. The average molecular weight is 315 g/mol. The Labute approximate surface area is 130 Å². The van der Waals surface area contributed by atoms with Crippen molar-refractivity contribution >= 4 is 29.1 Å². The van der Waals surface area contributed by atoms with Crippen LogP contribution in [0.15, 0.2) is 18.2 Å². The molecule has 0 heterocycles. The van der Waals surface area contributed by atoms with Gasteiger partial charge in [-0.2, -0.15) is 0 Å². The van der Waals surface area contributed by atoms with Crippen molar-refractivity contribution < 1.29 is 4.79 Å². The second-order valence-electron chi connectivity index (χ2n) is 5.72. The fourth-order valence-corrected chi connectivity index (χ4v) is 2.41. The molecule has 1 aliphatic rings. The highest BCUT2D eigenvalue weighted by atomic mass is 35.5. The number of hydrogen-bond acceptors (Lipinski definition) is 2. The molecule has 0 bridgehead atoms. The second-order valence-corrected chi connectivity index (χ2v) is 6.53. The van der Waals surface area contributed by atoms with E-state index in [0.29, 0.717) is 22.6 Å². The van der Waals surface area contributed by atoms with Gasteiger partial charge in [0.15, 0.2) is 0 Å². The highest BCUT2D eigenvalue weighted by molar-refractivity contribution is 6.42. The molecule has 5 heteroatoms. The van der Waals surface area contributed by atoms with Crippen LogP contribution in [0.25, 0.3) is 0 Å². The van der Waals surface area contributed by atoms with Crippen molar-refractivity contribution in [2.45, 2.75) is 45.3 Å². The summed E-state index contributed by atoms with van der Waals surface area (Å²) in [6.07, 6.45) is 2.11. The van der Waals surface area contributed by atoms with Crippen molar-refractivity contribution in [2.24, 2.45) is 11.7 Å². The quantitative estimate of drug-likeness (QED) is 0.904. The number of carbonyl (C=O) groups is 1. The van der Waals surface area contributed by atoms with Crippen molar-refractivity contribution in [3.8, 4) is 0 Å². The third-order valence-electron chi connectivity index (χ3n) is 3.61. The minimum absolute atomic E-state index is 0.0218. The number of benzene rings is 1. The SMILES string of the molecule is CC(C)[C@H](N)C(=O)N(Cc1ccc(Cl)c(Cl)c1)C1CC1. The number of carbonyl (C=O) groups excluding carboxylic acids is 1. The zero-order valence-electron chi connectivity index (χ0n) is 11.8. The van der Waals surface area contributed by atoms with Crippen LogP contribution in [-0.4, -0.2) is 22.9 Å². The van der Waals surface area contributed by atoms with Gasteiger partial charge in [0.2, 0.25) is 5.91 Å². The van der Waals surface area contributed by atoms with Gasteiger partial charge in [-0.05, 0) is 36.5 Å². The molecular formula is C15H20Cl2N2O. The summed E-state index contributed by atoms with van der Waals surface area (Å²) < 4.78 is 0. The summed E-state index contributed by atoms with van der Waals surface area (Å²) in [5, 5.41) is 1.04. The van der Waals surface area contributed by atoms with Crippen molar-refractivity contribution in [1.82, 2.24) is 4.90 Å². The molecule has 0 unspecified atom stereocenters.